The number of unbranched alkanes of at least 4 members (excludes halogenated alkanes) is 1. The molecule has 0 bridgehead atoms. The Bertz CT molecular complexity index is 873. The predicted octanol–water partition coefficient (Wildman–Crippen LogP) is 2.58. The van der Waals surface area contributed by atoms with Gasteiger partial charge in [-0.2, -0.15) is 0 Å². The van der Waals surface area contributed by atoms with Crippen LogP contribution in [0.1, 0.15) is 69.7 Å². The van der Waals surface area contributed by atoms with E-state index in [9.17, 15) is 24.2 Å². The van der Waals surface area contributed by atoms with Gasteiger partial charge >= 0.3 is 0 Å². The summed E-state index contributed by atoms with van der Waals surface area (Å²) in [4.78, 5) is 29.8. The van der Waals surface area contributed by atoms with E-state index in [1.807, 2.05) is 20.8 Å². The summed E-state index contributed by atoms with van der Waals surface area (Å²) in [5, 5.41) is 21.6. The average molecular weight is 554 g/mol. The van der Waals surface area contributed by atoms with Crippen molar-refractivity contribution in [1.82, 2.24) is 9.80 Å². The number of nitrogens with two attached hydrogens (primary N) is 1. The second-order valence-corrected chi connectivity index (χ2v) is 10.7. The molecule has 2 amide bonds. The maximum atomic E-state index is 14.6. The van der Waals surface area contributed by atoms with E-state index in [4.69, 9.17) is 15.2 Å². The summed E-state index contributed by atoms with van der Waals surface area (Å²) in [7, 11) is 0. The Balaban J connectivity index is 2.36. The van der Waals surface area contributed by atoms with Gasteiger partial charge in [0, 0.05) is 39.4 Å². The fourth-order valence-corrected chi connectivity index (χ4v) is 4.43. The number of amides is 2. The zero-order chi connectivity index (χ0) is 28.8. The van der Waals surface area contributed by atoms with Gasteiger partial charge in [-0.1, -0.05) is 45.7 Å². The summed E-state index contributed by atoms with van der Waals surface area (Å²) in [5.74, 6) is -1.09. The van der Waals surface area contributed by atoms with Crippen molar-refractivity contribution in [2.24, 2.45) is 11.7 Å². The first-order chi connectivity index (χ1) is 18.6. The molecule has 10 heteroatoms. The molecule has 9 nitrogen and oxygen atoms in total. The van der Waals surface area contributed by atoms with E-state index in [0.717, 1.165) is 19.3 Å². The number of aliphatic hydroxyl groups excluding tert-OH is 2. The Hall–Kier alpha value is -2.11. The monoisotopic (exact) mass is 553 g/mol. The highest BCUT2D eigenvalue weighted by Gasteiger charge is 2.32. The molecule has 0 spiro atoms. The van der Waals surface area contributed by atoms with Crippen LogP contribution < -0.4 is 5.73 Å². The molecule has 1 aromatic carbocycles. The SMILES string of the molecule is CCCC[C@H](N)C(=O)N1CCCCOC[C@@H](O)[C@@H](O)[C@H](OCCC(C)C)CN(C(=O)c2ccccc2F)CC1. The van der Waals surface area contributed by atoms with Gasteiger partial charge in [-0.25, -0.2) is 4.39 Å². The van der Waals surface area contributed by atoms with Crippen molar-refractivity contribution in [3.8, 4) is 0 Å². The van der Waals surface area contributed by atoms with Crippen molar-refractivity contribution in [1.29, 1.82) is 0 Å². The van der Waals surface area contributed by atoms with E-state index in [2.05, 4.69) is 0 Å². The molecule has 2 rings (SSSR count). The third-order valence-corrected chi connectivity index (χ3v) is 6.99. The Labute approximate surface area is 232 Å². The second kappa shape index (κ2) is 17.6. The van der Waals surface area contributed by atoms with Gasteiger partial charge in [-0.15, -0.1) is 0 Å². The number of carbonyl (C=O) groups is 2. The van der Waals surface area contributed by atoms with Crippen LogP contribution in [0.15, 0.2) is 24.3 Å². The predicted molar refractivity (Wildman–Crippen MR) is 148 cm³/mol. The van der Waals surface area contributed by atoms with Gasteiger partial charge in [0.15, 0.2) is 0 Å². The van der Waals surface area contributed by atoms with Crippen molar-refractivity contribution < 1.29 is 33.7 Å². The number of aliphatic hydroxyl groups is 2. The van der Waals surface area contributed by atoms with Crippen LogP contribution >= 0.6 is 0 Å². The number of carbonyl (C=O) groups excluding carboxylic acids is 2. The molecule has 1 aliphatic heterocycles. The molecular formula is C29H48FN3O6. The van der Waals surface area contributed by atoms with Gasteiger partial charge in [-0.3, -0.25) is 9.59 Å². The van der Waals surface area contributed by atoms with E-state index in [1.54, 1.807) is 11.0 Å². The van der Waals surface area contributed by atoms with Crippen LogP contribution in [-0.4, -0.2) is 102 Å². The van der Waals surface area contributed by atoms with Crippen LogP contribution in [-0.2, 0) is 14.3 Å². The van der Waals surface area contributed by atoms with Gasteiger partial charge in [0.25, 0.3) is 5.91 Å². The summed E-state index contributed by atoms with van der Waals surface area (Å²) in [6.07, 6.45) is 0.830. The van der Waals surface area contributed by atoms with Crippen molar-refractivity contribution in [2.45, 2.75) is 83.6 Å². The van der Waals surface area contributed by atoms with E-state index in [-0.39, 0.29) is 37.7 Å². The highest BCUT2D eigenvalue weighted by atomic mass is 19.1. The first-order valence-corrected chi connectivity index (χ1v) is 14.3. The first-order valence-electron chi connectivity index (χ1n) is 14.3. The standard InChI is InChI=1S/C29H48FN3O6/c1-4-5-12-24(31)29(37)32-14-8-9-17-38-20-25(34)27(35)26(39-18-13-21(2)3)19-33(16-15-32)28(36)22-10-6-7-11-23(22)30/h6-7,10-11,21,24-27,34-35H,4-5,8-9,12-20,31H2,1-3H3/t24-,25+,26+,27+/m0/s1. The molecule has 1 fully saturated rings. The summed E-state index contributed by atoms with van der Waals surface area (Å²) >= 11 is 0. The van der Waals surface area contributed by atoms with Gasteiger partial charge in [-0.05, 0) is 43.7 Å². The molecule has 0 aliphatic carbocycles. The fraction of sp³-hybridized carbons (Fsp3) is 0.724. The van der Waals surface area contributed by atoms with Crippen LogP contribution in [0.25, 0.3) is 0 Å². The lowest BCUT2D eigenvalue weighted by atomic mass is 10.1. The third kappa shape index (κ3) is 11.1. The summed E-state index contributed by atoms with van der Waals surface area (Å²) in [5.41, 5.74) is 6.09. The van der Waals surface area contributed by atoms with Crippen molar-refractivity contribution in [3.63, 3.8) is 0 Å². The van der Waals surface area contributed by atoms with Crippen LogP contribution in [0.5, 0.6) is 0 Å². The second-order valence-electron chi connectivity index (χ2n) is 10.7. The molecule has 0 aromatic heterocycles. The molecule has 1 saturated heterocycles. The molecule has 39 heavy (non-hydrogen) atoms. The molecule has 0 radical (unpaired) electrons. The van der Waals surface area contributed by atoms with Gasteiger partial charge < -0.3 is 35.2 Å². The zero-order valence-electron chi connectivity index (χ0n) is 23.8. The zero-order valence-corrected chi connectivity index (χ0v) is 23.8. The van der Waals surface area contributed by atoms with Gasteiger partial charge in [0.2, 0.25) is 5.91 Å². The quantitative estimate of drug-likeness (QED) is 0.429. The maximum absolute atomic E-state index is 14.6. The number of hydrogen-bond acceptors (Lipinski definition) is 7. The van der Waals surface area contributed by atoms with E-state index in [0.29, 0.717) is 44.9 Å². The minimum absolute atomic E-state index is 0.0861. The summed E-state index contributed by atoms with van der Waals surface area (Å²) in [6, 6.07) is 5.06. The Morgan fingerprint density at radius 1 is 1.13 bits per heavy atom. The van der Waals surface area contributed by atoms with Crippen LogP contribution in [0.3, 0.4) is 0 Å². The topological polar surface area (TPSA) is 126 Å². The molecule has 1 aromatic rings. The highest BCUT2D eigenvalue weighted by molar-refractivity contribution is 5.94. The molecule has 1 aliphatic rings. The molecule has 1 heterocycles. The van der Waals surface area contributed by atoms with Crippen LogP contribution in [0, 0.1) is 11.7 Å². The number of hydrogen-bond donors (Lipinski definition) is 3. The van der Waals surface area contributed by atoms with Crippen molar-refractivity contribution in [2.75, 3.05) is 46.0 Å². The summed E-state index contributed by atoms with van der Waals surface area (Å²) < 4.78 is 26.2. The fourth-order valence-electron chi connectivity index (χ4n) is 4.43. The van der Waals surface area contributed by atoms with E-state index in [1.165, 1.54) is 23.1 Å². The Morgan fingerprint density at radius 2 is 1.85 bits per heavy atom. The lowest BCUT2D eigenvalue weighted by molar-refractivity contribution is -0.133. The Kier molecular flexibility index (Phi) is 14.9. The highest BCUT2D eigenvalue weighted by Crippen LogP contribution is 2.16. The largest absolute Gasteiger partial charge is 0.388 e. The maximum Gasteiger partial charge on any atom is 0.256 e. The lowest BCUT2D eigenvalue weighted by Gasteiger charge is -2.34. The number of ether oxygens (including phenoxy) is 2. The molecule has 0 saturated carbocycles. The third-order valence-electron chi connectivity index (χ3n) is 6.99. The van der Waals surface area contributed by atoms with Crippen molar-refractivity contribution >= 4 is 11.8 Å². The molecule has 0 unspecified atom stereocenters. The van der Waals surface area contributed by atoms with Gasteiger partial charge in [0.05, 0.1) is 18.2 Å². The minimum Gasteiger partial charge on any atom is -0.388 e. The molecule has 4 N–H and O–H groups in total. The smallest absolute Gasteiger partial charge is 0.256 e. The molecular weight excluding hydrogens is 505 g/mol. The van der Waals surface area contributed by atoms with Gasteiger partial charge in [0.1, 0.15) is 24.1 Å². The lowest BCUT2D eigenvalue weighted by Crippen LogP contribution is -2.52. The van der Waals surface area contributed by atoms with E-state index < -0.39 is 36.1 Å². The van der Waals surface area contributed by atoms with Crippen LogP contribution in [0.4, 0.5) is 4.39 Å². The molecule has 222 valence electrons. The first kappa shape index (κ1) is 33.1. The summed E-state index contributed by atoms with van der Waals surface area (Å²) in [6.45, 7) is 7.31. The normalized spacial score (nSPS) is 22.9. The van der Waals surface area contributed by atoms with E-state index >= 15 is 0 Å². The number of nitrogens with zero attached hydrogens (tertiary/aromatic N) is 2. The Morgan fingerprint density at radius 3 is 2.54 bits per heavy atom. The van der Waals surface area contributed by atoms with Crippen LogP contribution in [0.2, 0.25) is 0 Å². The number of benzene rings is 1. The van der Waals surface area contributed by atoms with Crippen molar-refractivity contribution in [3.05, 3.63) is 35.6 Å². The number of halogens is 1. The average Bonchev–Trinajstić information content (AvgIpc) is 2.91. The number of rotatable bonds is 9. The minimum atomic E-state index is -1.34. The molecule has 4 atom stereocenters.